The predicted octanol–water partition coefficient (Wildman–Crippen LogP) is 6.15. The fourth-order valence-electron chi connectivity index (χ4n) is 7.44. The zero-order valence-corrected chi connectivity index (χ0v) is 28.0. The monoisotopic (exact) mass is 645 g/mol. The molecule has 0 radical (unpaired) electrons. The van der Waals surface area contributed by atoms with Gasteiger partial charge in [0.2, 0.25) is 17.7 Å². The second kappa shape index (κ2) is 13.4. The van der Waals surface area contributed by atoms with Gasteiger partial charge in [-0.1, -0.05) is 60.7 Å². The number of carbonyl (C=O) groups is 2. The molecule has 0 aliphatic carbocycles. The Morgan fingerprint density at radius 3 is 1.94 bits per heavy atom. The maximum Gasteiger partial charge on any atom is 0.245 e. The average molecular weight is 646 g/mol. The number of hydrogen-bond acceptors (Lipinski definition) is 7. The van der Waals surface area contributed by atoms with Crippen molar-refractivity contribution in [3.05, 3.63) is 108 Å². The van der Waals surface area contributed by atoms with Crippen LogP contribution in [0.3, 0.4) is 0 Å². The van der Waals surface area contributed by atoms with Gasteiger partial charge < -0.3 is 19.2 Å². The van der Waals surface area contributed by atoms with Crippen molar-refractivity contribution in [1.29, 1.82) is 0 Å². The van der Waals surface area contributed by atoms with E-state index in [-0.39, 0.29) is 36.0 Å². The van der Waals surface area contributed by atoms with Crippen LogP contribution in [-0.2, 0) is 9.59 Å². The van der Waals surface area contributed by atoms with E-state index in [2.05, 4.69) is 9.97 Å². The van der Waals surface area contributed by atoms with Gasteiger partial charge in [-0.05, 0) is 83.2 Å². The summed E-state index contributed by atoms with van der Waals surface area (Å²) in [4.78, 5) is 48.8. The summed E-state index contributed by atoms with van der Waals surface area (Å²) < 4.78 is 6.36. The highest BCUT2D eigenvalue weighted by Gasteiger charge is 2.39. The van der Waals surface area contributed by atoms with Gasteiger partial charge in [0.05, 0.1) is 29.3 Å². The van der Waals surface area contributed by atoms with Gasteiger partial charge in [0.15, 0.2) is 0 Å². The van der Waals surface area contributed by atoms with E-state index >= 15 is 0 Å². The molecule has 0 saturated carbocycles. The average Bonchev–Trinajstić information content (AvgIpc) is 3.91. The molecule has 1 unspecified atom stereocenters. The summed E-state index contributed by atoms with van der Waals surface area (Å²) in [7, 11) is 7.78. The van der Waals surface area contributed by atoms with Crippen molar-refractivity contribution in [2.75, 3.05) is 41.3 Å². The highest BCUT2D eigenvalue weighted by Crippen LogP contribution is 2.38. The summed E-state index contributed by atoms with van der Waals surface area (Å²) in [6.07, 6.45) is 5.27. The molecule has 2 aliphatic heterocycles. The molecule has 4 heterocycles. The number of oxazole rings is 1. The fourth-order valence-corrected chi connectivity index (χ4v) is 7.44. The highest BCUT2D eigenvalue weighted by atomic mass is 16.4. The summed E-state index contributed by atoms with van der Waals surface area (Å²) in [6, 6.07) is 24.8. The van der Waals surface area contributed by atoms with E-state index in [1.165, 1.54) is 0 Å². The standard InChI is InChI=1S/C38H43N7O3/c1-42(2)33(25-13-7-5-8-14-25)37(46)44-21-11-17-30(44)32-24-39-36(48-32)27-19-20-28-29(23-27)41-35(40-28)31-18-12-22-45(31)38(47)34(43(3)4)26-15-9-6-10-16-26/h5-10,13-16,19-20,23-24,30-31,33-34H,11-12,17-18,21-22H2,1-4H3,(H,40,41)/t30?,31-,33+,34+/m0/s1. The number of likely N-dealkylation sites (N-methyl/N-ethyl adjacent to an activating group) is 2. The number of imidazole rings is 1. The van der Waals surface area contributed by atoms with E-state index in [1.807, 2.05) is 127 Å². The van der Waals surface area contributed by atoms with Crippen LogP contribution >= 0.6 is 0 Å². The minimum Gasteiger partial charge on any atom is -0.439 e. The van der Waals surface area contributed by atoms with Gasteiger partial charge in [-0.3, -0.25) is 19.4 Å². The highest BCUT2D eigenvalue weighted by molar-refractivity contribution is 5.85. The maximum atomic E-state index is 13.9. The normalized spacial score (nSPS) is 19.5. The fraction of sp³-hybridized carbons (Fsp3) is 0.368. The molecule has 3 aromatic carbocycles. The summed E-state index contributed by atoms with van der Waals surface area (Å²) in [6.45, 7) is 1.38. The number of fused-ring (bicyclic) bond motifs is 1. The Morgan fingerprint density at radius 1 is 0.792 bits per heavy atom. The van der Waals surface area contributed by atoms with Crippen molar-refractivity contribution in [2.24, 2.45) is 0 Å². The molecule has 10 nitrogen and oxygen atoms in total. The van der Waals surface area contributed by atoms with Crippen molar-refractivity contribution < 1.29 is 14.0 Å². The quantitative estimate of drug-likeness (QED) is 0.205. The van der Waals surface area contributed by atoms with Crippen molar-refractivity contribution in [3.63, 3.8) is 0 Å². The summed E-state index contributed by atoms with van der Waals surface area (Å²) in [5.41, 5.74) is 4.48. The summed E-state index contributed by atoms with van der Waals surface area (Å²) in [5.74, 6) is 2.14. The van der Waals surface area contributed by atoms with E-state index in [9.17, 15) is 9.59 Å². The second-order valence-corrected chi connectivity index (χ2v) is 13.4. The van der Waals surface area contributed by atoms with E-state index in [0.717, 1.165) is 59.2 Å². The van der Waals surface area contributed by atoms with E-state index in [4.69, 9.17) is 9.40 Å². The van der Waals surface area contributed by atoms with Crippen LogP contribution in [0.2, 0.25) is 0 Å². The second-order valence-electron chi connectivity index (χ2n) is 13.4. The molecular formula is C38H43N7O3. The number of benzene rings is 3. The molecule has 2 aromatic heterocycles. The van der Waals surface area contributed by atoms with Gasteiger partial charge >= 0.3 is 0 Å². The number of H-pyrrole nitrogens is 1. The Kier molecular flexibility index (Phi) is 8.85. The number of rotatable bonds is 9. The van der Waals surface area contributed by atoms with E-state index in [0.29, 0.717) is 24.7 Å². The molecule has 2 aliphatic rings. The topological polar surface area (TPSA) is 102 Å². The van der Waals surface area contributed by atoms with Crippen LogP contribution in [0, 0.1) is 0 Å². The van der Waals surface area contributed by atoms with E-state index < -0.39 is 0 Å². The summed E-state index contributed by atoms with van der Waals surface area (Å²) in [5, 5.41) is 0. The molecule has 7 rings (SSSR count). The number of nitrogens with zero attached hydrogens (tertiary/aromatic N) is 6. The first kappa shape index (κ1) is 31.8. The number of carbonyl (C=O) groups excluding carboxylic acids is 2. The molecular weight excluding hydrogens is 602 g/mol. The Hall–Kier alpha value is -4.80. The molecule has 1 N–H and O–H groups in total. The van der Waals surface area contributed by atoms with Gasteiger partial charge in [0.25, 0.3) is 0 Å². The van der Waals surface area contributed by atoms with Gasteiger partial charge in [-0.25, -0.2) is 9.97 Å². The van der Waals surface area contributed by atoms with Crippen LogP contribution in [0.1, 0.15) is 72.6 Å². The Morgan fingerprint density at radius 2 is 1.35 bits per heavy atom. The van der Waals surface area contributed by atoms with Gasteiger partial charge in [-0.2, -0.15) is 0 Å². The van der Waals surface area contributed by atoms with Crippen molar-refractivity contribution >= 4 is 22.8 Å². The minimum absolute atomic E-state index is 0.0677. The largest absolute Gasteiger partial charge is 0.439 e. The first-order valence-corrected chi connectivity index (χ1v) is 16.8. The Balaban J connectivity index is 1.11. The first-order chi connectivity index (χ1) is 23.3. The number of likely N-dealkylation sites (tertiary alicyclic amines) is 2. The number of hydrogen-bond donors (Lipinski definition) is 1. The van der Waals surface area contributed by atoms with Gasteiger partial charge in [-0.15, -0.1) is 0 Å². The third-order valence-corrected chi connectivity index (χ3v) is 9.72. The van der Waals surface area contributed by atoms with Crippen LogP contribution in [0.4, 0.5) is 0 Å². The number of aromatic amines is 1. The summed E-state index contributed by atoms with van der Waals surface area (Å²) >= 11 is 0. The Labute approximate surface area is 281 Å². The van der Waals surface area contributed by atoms with Crippen molar-refractivity contribution in [1.82, 2.24) is 34.6 Å². The van der Waals surface area contributed by atoms with Gasteiger partial charge in [0, 0.05) is 18.7 Å². The van der Waals surface area contributed by atoms with Crippen LogP contribution in [0.25, 0.3) is 22.5 Å². The van der Waals surface area contributed by atoms with Crippen molar-refractivity contribution in [2.45, 2.75) is 49.9 Å². The number of amides is 2. The van der Waals surface area contributed by atoms with Crippen LogP contribution in [0.15, 0.2) is 89.5 Å². The van der Waals surface area contributed by atoms with Gasteiger partial charge in [0.1, 0.15) is 23.7 Å². The van der Waals surface area contributed by atoms with Crippen molar-refractivity contribution in [3.8, 4) is 11.5 Å². The minimum atomic E-state index is -0.371. The van der Waals surface area contributed by atoms with Crippen LogP contribution in [-0.4, -0.2) is 87.6 Å². The molecule has 2 saturated heterocycles. The predicted molar refractivity (Wildman–Crippen MR) is 185 cm³/mol. The molecule has 48 heavy (non-hydrogen) atoms. The lowest BCUT2D eigenvalue weighted by Crippen LogP contribution is -2.40. The number of aromatic nitrogens is 3. The molecule has 248 valence electrons. The maximum absolute atomic E-state index is 13.9. The molecule has 4 atom stereocenters. The third-order valence-electron chi connectivity index (χ3n) is 9.72. The zero-order valence-electron chi connectivity index (χ0n) is 28.0. The zero-order chi connectivity index (χ0) is 33.4. The molecule has 10 heteroatoms. The van der Waals surface area contributed by atoms with Crippen LogP contribution < -0.4 is 0 Å². The Bertz CT molecular complexity index is 1880. The molecule has 0 bridgehead atoms. The third kappa shape index (κ3) is 6.02. The molecule has 0 spiro atoms. The lowest BCUT2D eigenvalue weighted by molar-refractivity contribution is -0.138. The lowest BCUT2D eigenvalue weighted by Gasteiger charge is -2.31. The smallest absolute Gasteiger partial charge is 0.245 e. The molecule has 2 amide bonds. The van der Waals surface area contributed by atoms with Crippen LogP contribution in [0.5, 0.6) is 0 Å². The first-order valence-electron chi connectivity index (χ1n) is 16.8. The number of nitrogens with one attached hydrogen (secondary N) is 1. The lowest BCUT2D eigenvalue weighted by atomic mass is 10.0. The SMILES string of the molecule is CN(C)[C@@H](C(=O)N1CCCC1c1cnc(-c2ccc3nc([C@@H]4CCCN4C(=O)[C@@H](c4ccccc4)N(C)C)[nH]c3c2)o1)c1ccccc1. The molecule has 5 aromatic rings. The van der Waals surface area contributed by atoms with E-state index in [1.54, 1.807) is 6.20 Å². The molecule has 2 fully saturated rings.